The van der Waals surface area contributed by atoms with E-state index in [-0.39, 0.29) is 17.2 Å². The molecule has 0 bridgehead atoms. The fraction of sp³-hybridized carbons (Fsp3) is 0.529. The number of ether oxygens (including phenoxy) is 1. The van der Waals surface area contributed by atoms with Gasteiger partial charge in [0.25, 0.3) is 11.6 Å². The Morgan fingerprint density at radius 2 is 1.83 bits per heavy atom. The van der Waals surface area contributed by atoms with Gasteiger partial charge in [-0.1, -0.05) is 26.0 Å². The van der Waals surface area contributed by atoms with Crippen LogP contribution in [0.5, 0.6) is 0 Å². The van der Waals surface area contributed by atoms with E-state index in [1.54, 1.807) is 26.8 Å². The summed E-state index contributed by atoms with van der Waals surface area (Å²) in [5.74, 6) is -1.58. The molecule has 0 aromatic heterocycles. The molecule has 1 amide bonds. The fourth-order valence-electron chi connectivity index (χ4n) is 2.18. The third-order valence-electron chi connectivity index (χ3n) is 3.25. The van der Waals surface area contributed by atoms with E-state index < -0.39 is 28.4 Å². The predicted molar refractivity (Wildman–Crippen MR) is 89.8 cm³/mol. The van der Waals surface area contributed by atoms with Crippen LogP contribution in [-0.2, 0) is 9.53 Å². The molecule has 7 heteroatoms. The molecule has 0 radical (unpaired) electrons. The third kappa shape index (κ3) is 5.04. The van der Waals surface area contributed by atoms with Crippen molar-refractivity contribution in [3.63, 3.8) is 0 Å². The van der Waals surface area contributed by atoms with E-state index >= 15 is 0 Å². The van der Waals surface area contributed by atoms with E-state index in [0.29, 0.717) is 5.56 Å². The lowest BCUT2D eigenvalue weighted by Crippen LogP contribution is -2.49. The van der Waals surface area contributed by atoms with Gasteiger partial charge >= 0.3 is 5.97 Å². The highest BCUT2D eigenvalue weighted by Gasteiger charge is 2.32. The zero-order valence-electron chi connectivity index (χ0n) is 14.9. The van der Waals surface area contributed by atoms with Gasteiger partial charge in [0.05, 0.1) is 4.92 Å². The van der Waals surface area contributed by atoms with Crippen molar-refractivity contribution in [2.45, 2.75) is 53.2 Å². The minimum atomic E-state index is -1.03. The average molecular weight is 336 g/mol. The van der Waals surface area contributed by atoms with Crippen molar-refractivity contribution in [3.05, 3.63) is 39.4 Å². The Labute approximate surface area is 141 Å². The second-order valence-electron chi connectivity index (χ2n) is 7.04. The van der Waals surface area contributed by atoms with Gasteiger partial charge < -0.3 is 10.1 Å². The number of carbonyl (C=O) groups is 2. The lowest BCUT2D eigenvalue weighted by atomic mass is 10.0. The van der Waals surface area contributed by atoms with Crippen LogP contribution in [0, 0.1) is 23.0 Å². The van der Waals surface area contributed by atoms with Crippen LogP contribution in [-0.4, -0.2) is 28.4 Å². The van der Waals surface area contributed by atoms with Gasteiger partial charge in [-0.3, -0.25) is 14.9 Å². The van der Waals surface area contributed by atoms with Gasteiger partial charge in [-0.15, -0.1) is 0 Å². The Morgan fingerprint density at radius 1 is 1.25 bits per heavy atom. The van der Waals surface area contributed by atoms with E-state index in [2.05, 4.69) is 5.32 Å². The predicted octanol–water partition coefficient (Wildman–Crippen LogP) is 3.00. The fourth-order valence-corrected chi connectivity index (χ4v) is 2.18. The normalized spacial score (nSPS) is 12.6. The van der Waals surface area contributed by atoms with E-state index in [1.165, 1.54) is 12.1 Å². The lowest BCUT2D eigenvalue weighted by molar-refractivity contribution is -0.385. The molecule has 0 aliphatic rings. The molecule has 0 fully saturated rings. The summed E-state index contributed by atoms with van der Waals surface area (Å²) in [4.78, 5) is 35.3. The first kappa shape index (κ1) is 19.6. The number of carbonyl (C=O) groups excluding carboxylic acids is 2. The van der Waals surface area contributed by atoms with Crippen LogP contribution in [0.15, 0.2) is 18.2 Å². The number of benzene rings is 1. The topological polar surface area (TPSA) is 98.5 Å². The molecule has 7 nitrogen and oxygen atoms in total. The number of aryl methyl sites for hydroxylation is 1. The van der Waals surface area contributed by atoms with Crippen LogP contribution in [0.3, 0.4) is 0 Å². The van der Waals surface area contributed by atoms with E-state index in [0.717, 1.165) is 0 Å². The zero-order chi connectivity index (χ0) is 18.7. The number of amides is 1. The Morgan fingerprint density at radius 3 is 2.29 bits per heavy atom. The lowest BCUT2D eigenvalue weighted by Gasteiger charge is -2.26. The van der Waals surface area contributed by atoms with Crippen molar-refractivity contribution in [1.82, 2.24) is 5.32 Å². The van der Waals surface area contributed by atoms with Crippen LogP contribution in [0.1, 0.15) is 50.5 Å². The minimum Gasteiger partial charge on any atom is -0.448 e. The highest BCUT2D eigenvalue weighted by Crippen LogP contribution is 2.24. The number of esters is 1. The third-order valence-corrected chi connectivity index (χ3v) is 3.25. The molecule has 1 unspecified atom stereocenters. The molecule has 0 saturated carbocycles. The molecule has 1 N–H and O–H groups in total. The maximum Gasteiger partial charge on any atom is 0.346 e. The molecule has 0 aliphatic carbocycles. The molecule has 1 rings (SSSR count). The smallest absolute Gasteiger partial charge is 0.346 e. The first-order valence-electron chi connectivity index (χ1n) is 7.71. The molecule has 0 saturated heterocycles. The van der Waals surface area contributed by atoms with Crippen molar-refractivity contribution in [2.24, 2.45) is 5.92 Å². The number of nitro groups is 1. The SMILES string of the molecule is Cc1cccc([N+](=O)[O-])c1C(=O)OC(C(=O)NC(C)(C)C)C(C)C. The number of hydrogen-bond donors (Lipinski definition) is 1. The first-order valence-corrected chi connectivity index (χ1v) is 7.71. The summed E-state index contributed by atoms with van der Waals surface area (Å²) in [5.41, 5.74) is -0.519. The number of hydrogen-bond acceptors (Lipinski definition) is 5. The molecule has 0 heterocycles. The molecule has 0 aliphatic heterocycles. The summed E-state index contributed by atoms with van der Waals surface area (Å²) >= 11 is 0. The summed E-state index contributed by atoms with van der Waals surface area (Å²) in [6, 6.07) is 4.32. The second-order valence-corrected chi connectivity index (χ2v) is 7.04. The molecule has 1 aromatic rings. The molecule has 132 valence electrons. The van der Waals surface area contributed by atoms with Gasteiger partial charge in [0.15, 0.2) is 6.10 Å². The average Bonchev–Trinajstić information content (AvgIpc) is 2.41. The Hall–Kier alpha value is -2.44. The molecular formula is C17H24N2O5. The Kier molecular flexibility index (Phi) is 6.06. The highest BCUT2D eigenvalue weighted by molar-refractivity contribution is 5.97. The summed E-state index contributed by atoms with van der Waals surface area (Å²) in [6.07, 6.45) is -1.03. The Bertz CT molecular complexity index is 647. The summed E-state index contributed by atoms with van der Waals surface area (Å²) in [6.45, 7) is 10.5. The summed E-state index contributed by atoms with van der Waals surface area (Å²) < 4.78 is 5.32. The van der Waals surface area contributed by atoms with Gasteiger partial charge in [0.2, 0.25) is 0 Å². The quantitative estimate of drug-likeness (QED) is 0.506. The zero-order valence-corrected chi connectivity index (χ0v) is 14.9. The maximum atomic E-state index is 12.5. The first-order chi connectivity index (χ1) is 10.9. The maximum absolute atomic E-state index is 12.5. The summed E-state index contributed by atoms with van der Waals surface area (Å²) in [5, 5.41) is 13.9. The van der Waals surface area contributed by atoms with Crippen molar-refractivity contribution in [2.75, 3.05) is 0 Å². The standard InChI is InChI=1S/C17H24N2O5/c1-10(2)14(15(20)18-17(4,5)6)24-16(21)13-11(3)8-7-9-12(13)19(22)23/h7-10,14H,1-6H3,(H,18,20). The van der Waals surface area contributed by atoms with E-state index in [1.807, 2.05) is 20.8 Å². The molecule has 0 spiro atoms. The van der Waals surface area contributed by atoms with Crippen LogP contribution in [0.4, 0.5) is 5.69 Å². The van der Waals surface area contributed by atoms with Crippen LogP contribution in [0.2, 0.25) is 0 Å². The van der Waals surface area contributed by atoms with Gasteiger partial charge in [-0.25, -0.2) is 4.79 Å². The van der Waals surface area contributed by atoms with Gasteiger partial charge in [-0.2, -0.15) is 0 Å². The number of nitrogens with zero attached hydrogens (tertiary/aromatic N) is 1. The van der Waals surface area contributed by atoms with Crippen molar-refractivity contribution < 1.29 is 19.2 Å². The van der Waals surface area contributed by atoms with Gasteiger partial charge in [-0.05, 0) is 39.2 Å². The van der Waals surface area contributed by atoms with Gasteiger partial charge in [0.1, 0.15) is 5.56 Å². The molecular weight excluding hydrogens is 312 g/mol. The number of rotatable bonds is 5. The van der Waals surface area contributed by atoms with Crippen LogP contribution in [0.25, 0.3) is 0 Å². The molecule has 1 atom stereocenters. The summed E-state index contributed by atoms with van der Waals surface area (Å²) in [7, 11) is 0. The highest BCUT2D eigenvalue weighted by atomic mass is 16.6. The monoisotopic (exact) mass is 336 g/mol. The van der Waals surface area contributed by atoms with Gasteiger partial charge in [0, 0.05) is 11.6 Å². The second kappa shape index (κ2) is 7.42. The van der Waals surface area contributed by atoms with Crippen molar-refractivity contribution in [3.8, 4) is 0 Å². The number of nitro benzene ring substituents is 1. The van der Waals surface area contributed by atoms with Crippen LogP contribution < -0.4 is 5.32 Å². The molecule has 1 aromatic carbocycles. The van der Waals surface area contributed by atoms with Crippen molar-refractivity contribution >= 4 is 17.6 Å². The largest absolute Gasteiger partial charge is 0.448 e. The van der Waals surface area contributed by atoms with Crippen LogP contribution >= 0.6 is 0 Å². The minimum absolute atomic E-state index is 0.128. The van der Waals surface area contributed by atoms with E-state index in [4.69, 9.17) is 4.74 Å². The van der Waals surface area contributed by atoms with E-state index in [9.17, 15) is 19.7 Å². The Balaban J connectivity index is 3.11. The van der Waals surface area contributed by atoms with Crippen molar-refractivity contribution in [1.29, 1.82) is 0 Å². The molecule has 24 heavy (non-hydrogen) atoms. The number of nitrogens with one attached hydrogen (secondary N) is 1.